The van der Waals surface area contributed by atoms with Gasteiger partial charge in [0.25, 0.3) is 0 Å². The molecule has 0 unspecified atom stereocenters. The third-order valence-corrected chi connectivity index (χ3v) is 2.45. The molecule has 0 aliphatic heterocycles. The molecule has 1 rings (SSSR count). The predicted octanol–water partition coefficient (Wildman–Crippen LogP) is -0.382. The van der Waals surface area contributed by atoms with Crippen LogP contribution in [0.5, 0.6) is 0 Å². The van der Waals surface area contributed by atoms with E-state index in [9.17, 15) is 14.6 Å². The van der Waals surface area contributed by atoms with Gasteiger partial charge in [-0.05, 0) is 31.4 Å². The minimum absolute atomic E-state index is 0.00430. The Bertz CT molecular complexity index is 493. The average molecular weight is 281 g/mol. The Hall–Kier alpha value is -1.90. The Morgan fingerprint density at radius 2 is 1.80 bits per heavy atom. The van der Waals surface area contributed by atoms with Gasteiger partial charge < -0.3 is 19.3 Å². The summed E-state index contributed by atoms with van der Waals surface area (Å²) in [5.74, 6) is 3.63. The molecule has 20 heavy (non-hydrogen) atoms. The molecular formula is C12H16BNO6. The van der Waals surface area contributed by atoms with Gasteiger partial charge in [0.05, 0.1) is 24.3 Å². The molecule has 7 nitrogen and oxygen atoms in total. The monoisotopic (exact) mass is 281 g/mol. The minimum atomic E-state index is -1.49. The highest BCUT2D eigenvalue weighted by atomic mass is 16.6. The summed E-state index contributed by atoms with van der Waals surface area (Å²) < 4.78 is 14.0. The first-order valence-corrected chi connectivity index (χ1v) is 6.06. The van der Waals surface area contributed by atoms with Crippen molar-refractivity contribution in [2.24, 2.45) is 5.90 Å². The summed E-state index contributed by atoms with van der Waals surface area (Å²) in [5.41, 5.74) is 0.275. The summed E-state index contributed by atoms with van der Waals surface area (Å²) in [6, 6.07) is 4.03. The lowest BCUT2D eigenvalue weighted by molar-refractivity contribution is 0.0525. The van der Waals surface area contributed by atoms with Gasteiger partial charge in [-0.3, -0.25) is 0 Å². The topological polar surface area (TPSA) is 108 Å². The number of hydrogen-bond donors (Lipinski definition) is 2. The standard InChI is InChI=1S/C12H16BNO6/c1-3-18-11(15)8-5-6-10(13(17)20-14)9(7-8)12(16)19-4-2/h5-7,17H,3-4,14H2,1-2H3. The quantitative estimate of drug-likeness (QED) is 0.415. The molecule has 0 heterocycles. The van der Waals surface area contributed by atoms with Gasteiger partial charge in [-0.1, -0.05) is 6.07 Å². The van der Waals surface area contributed by atoms with E-state index in [1.165, 1.54) is 18.2 Å². The Labute approximate surface area is 116 Å². The molecule has 0 atom stereocenters. The third-order valence-electron chi connectivity index (χ3n) is 2.45. The number of benzene rings is 1. The Morgan fingerprint density at radius 3 is 2.35 bits per heavy atom. The zero-order valence-electron chi connectivity index (χ0n) is 11.3. The first-order chi connectivity index (χ1) is 9.54. The van der Waals surface area contributed by atoms with Gasteiger partial charge in [0.15, 0.2) is 0 Å². The lowest BCUT2D eigenvalue weighted by Gasteiger charge is -2.11. The van der Waals surface area contributed by atoms with Crippen LogP contribution in [0.15, 0.2) is 18.2 Å². The molecule has 108 valence electrons. The molecule has 0 aromatic heterocycles. The van der Waals surface area contributed by atoms with Crippen LogP contribution in [0.3, 0.4) is 0 Å². The van der Waals surface area contributed by atoms with E-state index in [0.717, 1.165) is 0 Å². The van der Waals surface area contributed by atoms with Crippen molar-refractivity contribution < 1.29 is 28.8 Å². The Balaban J connectivity index is 3.21. The molecule has 0 saturated carbocycles. The van der Waals surface area contributed by atoms with E-state index in [-0.39, 0.29) is 29.8 Å². The van der Waals surface area contributed by atoms with Crippen LogP contribution in [0.25, 0.3) is 0 Å². The summed E-state index contributed by atoms with van der Waals surface area (Å²) >= 11 is 0. The number of carbonyl (C=O) groups excluding carboxylic acids is 2. The largest absolute Gasteiger partial charge is 0.509 e. The molecule has 0 aliphatic rings. The second-order valence-corrected chi connectivity index (χ2v) is 3.73. The number of hydrogen-bond acceptors (Lipinski definition) is 7. The van der Waals surface area contributed by atoms with Crippen LogP contribution in [0.2, 0.25) is 0 Å². The molecule has 8 heteroatoms. The van der Waals surface area contributed by atoms with Gasteiger partial charge in [0, 0.05) is 0 Å². The molecule has 0 saturated heterocycles. The molecule has 0 spiro atoms. The van der Waals surface area contributed by atoms with Crippen LogP contribution in [0.1, 0.15) is 34.6 Å². The maximum atomic E-state index is 11.8. The fourth-order valence-corrected chi connectivity index (χ4v) is 1.57. The van der Waals surface area contributed by atoms with Crippen molar-refractivity contribution in [3.8, 4) is 0 Å². The van der Waals surface area contributed by atoms with Crippen molar-refractivity contribution in [3.63, 3.8) is 0 Å². The van der Waals surface area contributed by atoms with Gasteiger partial charge in [-0.15, -0.1) is 0 Å². The van der Waals surface area contributed by atoms with Crippen LogP contribution >= 0.6 is 0 Å². The van der Waals surface area contributed by atoms with Gasteiger partial charge in [0.1, 0.15) is 0 Å². The molecule has 0 fully saturated rings. The fraction of sp³-hybridized carbons (Fsp3) is 0.333. The van der Waals surface area contributed by atoms with E-state index in [1.54, 1.807) is 13.8 Å². The van der Waals surface area contributed by atoms with Crippen molar-refractivity contribution in [2.45, 2.75) is 13.8 Å². The van der Waals surface area contributed by atoms with Gasteiger partial charge in [-0.2, -0.15) is 0 Å². The number of rotatable bonds is 6. The van der Waals surface area contributed by atoms with Crippen molar-refractivity contribution in [1.29, 1.82) is 0 Å². The molecule has 0 aliphatic carbocycles. The number of nitrogens with two attached hydrogens (primary N) is 1. The molecule has 0 amide bonds. The van der Waals surface area contributed by atoms with Gasteiger partial charge in [-0.25, -0.2) is 15.5 Å². The van der Waals surface area contributed by atoms with E-state index in [0.29, 0.717) is 0 Å². The summed E-state index contributed by atoms with van der Waals surface area (Å²) in [5, 5.41) is 9.59. The van der Waals surface area contributed by atoms with E-state index in [2.05, 4.69) is 4.76 Å². The molecular weight excluding hydrogens is 265 g/mol. The van der Waals surface area contributed by atoms with Crippen molar-refractivity contribution >= 4 is 24.5 Å². The van der Waals surface area contributed by atoms with Crippen LogP contribution in [-0.4, -0.2) is 37.3 Å². The summed E-state index contributed by atoms with van der Waals surface area (Å²) in [6.45, 7) is 3.68. The molecule has 0 radical (unpaired) electrons. The SMILES string of the molecule is CCOC(=O)c1ccc(B(O)ON)c(C(=O)OCC)c1. The van der Waals surface area contributed by atoms with Crippen LogP contribution < -0.4 is 11.4 Å². The number of carbonyl (C=O) groups is 2. The maximum Gasteiger partial charge on any atom is 0.509 e. The summed E-state index contributed by atoms with van der Waals surface area (Å²) in [6.07, 6.45) is 0. The summed E-state index contributed by atoms with van der Waals surface area (Å²) in [4.78, 5) is 23.5. The number of ether oxygens (including phenoxy) is 2. The zero-order valence-corrected chi connectivity index (χ0v) is 11.3. The lowest BCUT2D eigenvalue weighted by Crippen LogP contribution is -2.40. The van der Waals surface area contributed by atoms with E-state index >= 15 is 0 Å². The Kier molecular flexibility index (Phi) is 6.17. The van der Waals surface area contributed by atoms with E-state index in [1.807, 2.05) is 0 Å². The first-order valence-electron chi connectivity index (χ1n) is 6.06. The van der Waals surface area contributed by atoms with Gasteiger partial charge >= 0.3 is 19.1 Å². The average Bonchev–Trinajstić information content (AvgIpc) is 2.46. The molecule has 0 bridgehead atoms. The number of esters is 2. The highest BCUT2D eigenvalue weighted by molar-refractivity contribution is 6.61. The smallest absolute Gasteiger partial charge is 0.462 e. The van der Waals surface area contributed by atoms with Crippen molar-refractivity contribution in [2.75, 3.05) is 13.2 Å². The predicted molar refractivity (Wildman–Crippen MR) is 71.2 cm³/mol. The minimum Gasteiger partial charge on any atom is -0.462 e. The molecule has 3 N–H and O–H groups in total. The fourth-order valence-electron chi connectivity index (χ4n) is 1.57. The zero-order chi connectivity index (χ0) is 15.1. The Morgan fingerprint density at radius 1 is 1.20 bits per heavy atom. The van der Waals surface area contributed by atoms with Crippen molar-refractivity contribution in [1.82, 2.24) is 0 Å². The van der Waals surface area contributed by atoms with E-state index in [4.69, 9.17) is 15.4 Å². The highest BCUT2D eigenvalue weighted by Gasteiger charge is 2.25. The van der Waals surface area contributed by atoms with Crippen molar-refractivity contribution in [3.05, 3.63) is 29.3 Å². The lowest BCUT2D eigenvalue weighted by atomic mass is 9.76. The second kappa shape index (κ2) is 7.64. The molecule has 1 aromatic carbocycles. The van der Waals surface area contributed by atoms with Crippen LogP contribution in [0, 0.1) is 0 Å². The van der Waals surface area contributed by atoms with E-state index < -0.39 is 19.1 Å². The normalized spacial score (nSPS) is 10.0. The van der Waals surface area contributed by atoms with Crippen LogP contribution in [0.4, 0.5) is 0 Å². The summed E-state index contributed by atoms with van der Waals surface area (Å²) in [7, 11) is -1.49. The van der Waals surface area contributed by atoms with Gasteiger partial charge in [0.2, 0.25) is 0 Å². The highest BCUT2D eigenvalue weighted by Crippen LogP contribution is 2.08. The van der Waals surface area contributed by atoms with Crippen LogP contribution in [-0.2, 0) is 14.2 Å². The maximum absolute atomic E-state index is 11.8. The second-order valence-electron chi connectivity index (χ2n) is 3.73. The first kappa shape index (κ1) is 16.2. The third kappa shape index (κ3) is 3.80. The molecule has 1 aromatic rings.